The van der Waals surface area contributed by atoms with Crippen LogP contribution in [0.15, 0.2) is 52.5 Å². The Kier molecular flexibility index (Phi) is 7.22. The van der Waals surface area contributed by atoms with Gasteiger partial charge in [0.05, 0.1) is 23.4 Å². The Morgan fingerprint density at radius 3 is 2.56 bits per heavy atom. The summed E-state index contributed by atoms with van der Waals surface area (Å²) in [5.41, 5.74) is 2.33. The van der Waals surface area contributed by atoms with Crippen LogP contribution in [0.25, 0.3) is 11.4 Å². The third-order valence-corrected chi connectivity index (χ3v) is 7.61. The van der Waals surface area contributed by atoms with Gasteiger partial charge < -0.3 is 14.6 Å². The minimum Gasteiger partial charge on any atom is -0.495 e. The molecule has 0 unspecified atom stereocenters. The summed E-state index contributed by atoms with van der Waals surface area (Å²) >= 11 is 1.23. The van der Waals surface area contributed by atoms with Crippen molar-refractivity contribution < 1.29 is 17.9 Å². The summed E-state index contributed by atoms with van der Waals surface area (Å²) < 4.78 is 33.0. The first-order valence-corrected chi connectivity index (χ1v) is 12.1. The minimum absolute atomic E-state index is 0.0578. The monoisotopic (exact) mass is 475 g/mol. The van der Waals surface area contributed by atoms with Crippen LogP contribution >= 0.6 is 11.8 Å². The van der Waals surface area contributed by atoms with Gasteiger partial charge in [0.1, 0.15) is 5.75 Å². The number of methoxy groups -OCH3 is 1. The van der Waals surface area contributed by atoms with Gasteiger partial charge in [-0.15, -0.1) is 10.2 Å². The van der Waals surface area contributed by atoms with Gasteiger partial charge in [0.15, 0.2) is 11.0 Å². The number of ether oxygens (including phenoxy) is 1. The third-order valence-electron chi connectivity index (χ3n) is 4.78. The van der Waals surface area contributed by atoms with Crippen molar-refractivity contribution in [2.24, 2.45) is 7.05 Å². The molecule has 2 aromatic carbocycles. The Morgan fingerprint density at radius 2 is 1.91 bits per heavy atom. The van der Waals surface area contributed by atoms with Gasteiger partial charge in [0.25, 0.3) is 0 Å². The number of carbonyl (C=O) groups excluding carboxylic acids is 1. The van der Waals surface area contributed by atoms with Crippen LogP contribution in [0.2, 0.25) is 0 Å². The highest BCUT2D eigenvalue weighted by Crippen LogP contribution is 2.29. The Hall–Kier alpha value is -2.89. The zero-order chi connectivity index (χ0) is 23.5. The molecule has 1 amide bonds. The molecule has 11 heteroatoms. The van der Waals surface area contributed by atoms with E-state index in [1.54, 1.807) is 0 Å². The molecule has 3 rings (SSSR count). The first kappa shape index (κ1) is 23.8. The number of thioether (sulfide) groups is 1. The van der Waals surface area contributed by atoms with Crippen molar-refractivity contribution in [3.05, 3.63) is 48.0 Å². The minimum atomic E-state index is -3.65. The summed E-state index contributed by atoms with van der Waals surface area (Å²) in [6, 6.07) is 12.2. The highest BCUT2D eigenvalue weighted by atomic mass is 32.2. The largest absolute Gasteiger partial charge is 0.495 e. The average Bonchev–Trinajstić information content (AvgIpc) is 3.12. The van der Waals surface area contributed by atoms with Crippen LogP contribution in [0, 0.1) is 6.92 Å². The number of nitrogens with zero attached hydrogens (tertiary/aromatic N) is 4. The van der Waals surface area contributed by atoms with Gasteiger partial charge in [-0.2, -0.15) is 0 Å². The summed E-state index contributed by atoms with van der Waals surface area (Å²) in [7, 11) is 2.54. The van der Waals surface area contributed by atoms with Crippen molar-refractivity contribution >= 4 is 33.4 Å². The predicted molar refractivity (Wildman–Crippen MR) is 124 cm³/mol. The maximum absolute atomic E-state index is 12.6. The second kappa shape index (κ2) is 9.72. The van der Waals surface area contributed by atoms with E-state index in [9.17, 15) is 13.2 Å². The molecule has 1 aromatic heterocycles. The molecule has 0 bridgehead atoms. The molecule has 1 N–H and O–H groups in total. The van der Waals surface area contributed by atoms with E-state index >= 15 is 0 Å². The molecule has 0 saturated carbocycles. The number of anilines is 1. The van der Waals surface area contributed by atoms with Crippen molar-refractivity contribution in [2.75, 3.05) is 32.3 Å². The highest BCUT2D eigenvalue weighted by molar-refractivity contribution is 7.99. The predicted octanol–water partition coefficient (Wildman–Crippen LogP) is 2.78. The van der Waals surface area contributed by atoms with Gasteiger partial charge in [0, 0.05) is 26.7 Å². The van der Waals surface area contributed by atoms with Gasteiger partial charge >= 0.3 is 0 Å². The van der Waals surface area contributed by atoms with Crippen molar-refractivity contribution in [1.29, 1.82) is 0 Å². The maximum atomic E-state index is 12.6. The first-order chi connectivity index (χ1) is 15.1. The molecule has 0 atom stereocenters. The zero-order valence-corrected chi connectivity index (χ0v) is 20.1. The van der Waals surface area contributed by atoms with Gasteiger partial charge in [0.2, 0.25) is 15.9 Å². The average molecular weight is 476 g/mol. The molecular weight excluding hydrogens is 450 g/mol. The van der Waals surface area contributed by atoms with Crippen LogP contribution in [-0.4, -0.2) is 60.4 Å². The summed E-state index contributed by atoms with van der Waals surface area (Å²) in [5, 5.41) is 11.8. The number of hydrogen-bond donors (Lipinski definition) is 1. The molecule has 1 heterocycles. The van der Waals surface area contributed by atoms with Crippen LogP contribution in [0.4, 0.5) is 5.69 Å². The van der Waals surface area contributed by atoms with Crippen molar-refractivity contribution in [2.45, 2.75) is 17.0 Å². The summed E-state index contributed by atoms with van der Waals surface area (Å²) in [5.74, 6) is 0.817. The summed E-state index contributed by atoms with van der Waals surface area (Å²) in [4.78, 5) is 12.6. The fourth-order valence-electron chi connectivity index (χ4n) is 2.97. The number of rotatable bonds is 8. The van der Waals surface area contributed by atoms with E-state index in [0.29, 0.717) is 16.7 Å². The fourth-order valence-corrected chi connectivity index (χ4v) is 4.61. The van der Waals surface area contributed by atoms with Gasteiger partial charge in [-0.1, -0.05) is 36.0 Å². The van der Waals surface area contributed by atoms with Crippen LogP contribution in [0.1, 0.15) is 5.56 Å². The van der Waals surface area contributed by atoms with Crippen LogP contribution in [0.3, 0.4) is 0 Å². The SMILES string of the molecule is COc1ccc(S(=O)(=O)N(C)C)cc1NC(=O)CSc1nnc(-c2ccccc2C)n1C. The number of benzene rings is 2. The standard InChI is InChI=1S/C21H25N5O4S2/c1-14-8-6-7-9-16(14)20-23-24-21(26(20)4)31-13-19(27)22-17-12-15(10-11-18(17)30-5)32(28,29)25(2)3/h6-12H,13H2,1-5H3,(H,22,27). The second-order valence-corrected chi connectivity index (χ2v) is 10.3. The first-order valence-electron chi connectivity index (χ1n) is 9.63. The molecular formula is C21H25N5O4S2. The third kappa shape index (κ3) is 4.95. The Labute approximate surface area is 191 Å². The number of amides is 1. The number of carbonyl (C=O) groups is 1. The lowest BCUT2D eigenvalue weighted by atomic mass is 10.1. The van der Waals surface area contributed by atoms with E-state index in [4.69, 9.17) is 4.74 Å². The van der Waals surface area contributed by atoms with Gasteiger partial charge in [-0.3, -0.25) is 4.79 Å². The fraction of sp³-hybridized carbons (Fsp3) is 0.286. The van der Waals surface area contributed by atoms with E-state index in [-0.39, 0.29) is 22.2 Å². The molecule has 0 saturated heterocycles. The van der Waals surface area contributed by atoms with Crippen LogP contribution < -0.4 is 10.1 Å². The highest BCUT2D eigenvalue weighted by Gasteiger charge is 2.20. The molecule has 0 aliphatic carbocycles. The lowest BCUT2D eigenvalue weighted by molar-refractivity contribution is -0.113. The molecule has 0 fully saturated rings. The van der Waals surface area contributed by atoms with Crippen molar-refractivity contribution in [1.82, 2.24) is 19.1 Å². The molecule has 32 heavy (non-hydrogen) atoms. The summed E-state index contributed by atoms with van der Waals surface area (Å²) in [6.07, 6.45) is 0. The van der Waals surface area contributed by atoms with Crippen LogP contribution in [0.5, 0.6) is 5.75 Å². The van der Waals surface area contributed by atoms with Gasteiger partial charge in [-0.25, -0.2) is 12.7 Å². The van der Waals surface area contributed by atoms with Gasteiger partial charge in [-0.05, 0) is 30.7 Å². The normalized spacial score (nSPS) is 11.6. The Bertz CT molecular complexity index is 1240. The number of aryl methyl sites for hydroxylation is 1. The molecule has 9 nitrogen and oxygen atoms in total. The molecule has 170 valence electrons. The molecule has 3 aromatic rings. The van der Waals surface area contributed by atoms with Crippen molar-refractivity contribution in [3.8, 4) is 17.1 Å². The quantitative estimate of drug-likeness (QED) is 0.499. The number of aromatic nitrogens is 3. The number of sulfonamides is 1. The van der Waals surface area contributed by atoms with E-state index in [0.717, 1.165) is 15.4 Å². The van der Waals surface area contributed by atoms with Crippen LogP contribution in [-0.2, 0) is 21.9 Å². The number of hydrogen-bond acceptors (Lipinski definition) is 7. The number of nitrogens with one attached hydrogen (secondary N) is 1. The summed E-state index contributed by atoms with van der Waals surface area (Å²) in [6.45, 7) is 2.00. The van der Waals surface area contributed by atoms with Crippen molar-refractivity contribution in [3.63, 3.8) is 0 Å². The zero-order valence-electron chi connectivity index (χ0n) is 18.5. The topological polar surface area (TPSA) is 106 Å². The molecule has 0 aliphatic heterocycles. The maximum Gasteiger partial charge on any atom is 0.242 e. The molecule has 0 radical (unpaired) electrons. The molecule has 0 spiro atoms. The van der Waals surface area contributed by atoms with E-state index < -0.39 is 10.0 Å². The van der Waals surface area contributed by atoms with E-state index in [2.05, 4.69) is 15.5 Å². The Balaban J connectivity index is 1.74. The Morgan fingerprint density at radius 1 is 1.19 bits per heavy atom. The smallest absolute Gasteiger partial charge is 0.242 e. The van der Waals surface area contributed by atoms with E-state index in [1.807, 2.05) is 42.8 Å². The lowest BCUT2D eigenvalue weighted by Gasteiger charge is -2.15. The van der Waals surface area contributed by atoms with E-state index in [1.165, 1.54) is 51.2 Å². The second-order valence-electron chi connectivity index (χ2n) is 7.17. The molecule has 0 aliphatic rings. The lowest BCUT2D eigenvalue weighted by Crippen LogP contribution is -2.22.